The fourth-order valence-corrected chi connectivity index (χ4v) is 3.82. The van der Waals surface area contributed by atoms with Gasteiger partial charge < -0.3 is 20.5 Å². The molecule has 1 amide bonds. The van der Waals surface area contributed by atoms with E-state index < -0.39 is 20.9 Å². The van der Waals surface area contributed by atoms with Gasteiger partial charge in [-0.1, -0.05) is 30.3 Å². The van der Waals surface area contributed by atoms with Gasteiger partial charge in [0.05, 0.1) is 11.3 Å². The maximum absolute atomic E-state index is 12.3. The number of carboxylic acids is 1. The number of ether oxygens (including phenoxy) is 1. The molecule has 5 N–H and O–H groups in total. The summed E-state index contributed by atoms with van der Waals surface area (Å²) >= 11 is 0. The number of carboxylic acid groups (broad SMARTS) is 1. The highest BCUT2D eigenvalue weighted by Crippen LogP contribution is 2.38. The van der Waals surface area contributed by atoms with Crippen LogP contribution < -0.4 is 20.5 Å². The highest BCUT2D eigenvalue weighted by atomic mass is 32.2. The van der Waals surface area contributed by atoms with Crippen molar-refractivity contribution >= 4 is 33.3 Å². The van der Waals surface area contributed by atoms with Gasteiger partial charge in [0.15, 0.2) is 5.75 Å². The minimum Gasteiger partial charge on any atom is -0.478 e. The number of rotatable bonds is 8. The number of aryl methyl sites for hydroxylation is 1. The topological polar surface area (TPSA) is 148 Å². The molecule has 0 aliphatic carbocycles. The summed E-state index contributed by atoms with van der Waals surface area (Å²) < 4.78 is 30.5. The number of benzene rings is 3. The molecule has 0 spiro atoms. The Labute approximate surface area is 191 Å². The van der Waals surface area contributed by atoms with Gasteiger partial charge in [-0.3, -0.25) is 4.79 Å². The summed E-state index contributed by atoms with van der Waals surface area (Å²) in [5.41, 5.74) is 2.02. The molecule has 0 saturated heterocycles. The largest absolute Gasteiger partial charge is 0.478 e. The summed E-state index contributed by atoms with van der Waals surface area (Å²) in [4.78, 5) is 22.5. The minimum atomic E-state index is -4.33. The number of sulfonamides is 1. The number of carbonyl (C=O) groups excluding carboxylic acids is 1. The standard InChI is InChI=1S/C23H23N3O6S/c1-14-10-18(8-9-19(14)26-15(2)27)32-22-20(25-13-16-6-4-3-5-7-16)11-17(23(28)29)12-21(22)33(24,30)31/h3-12,25H,13H2,1-2H3,(H,26,27)(H,28,29)(H2,24,30,31). The molecule has 0 aliphatic rings. The zero-order chi connectivity index (χ0) is 24.2. The number of carbonyl (C=O) groups is 2. The number of primary sulfonamides is 1. The van der Waals surface area contributed by atoms with E-state index in [1.165, 1.54) is 13.0 Å². The highest BCUT2D eigenvalue weighted by molar-refractivity contribution is 7.89. The summed E-state index contributed by atoms with van der Waals surface area (Å²) in [5.74, 6) is -1.41. The van der Waals surface area contributed by atoms with E-state index in [0.717, 1.165) is 11.6 Å². The van der Waals surface area contributed by atoms with Crippen molar-refractivity contribution in [2.75, 3.05) is 10.6 Å². The van der Waals surface area contributed by atoms with Gasteiger partial charge in [-0.05, 0) is 48.4 Å². The van der Waals surface area contributed by atoms with Crippen LogP contribution >= 0.6 is 0 Å². The fraction of sp³-hybridized carbons (Fsp3) is 0.130. The second kappa shape index (κ2) is 9.72. The molecule has 172 valence electrons. The summed E-state index contributed by atoms with van der Waals surface area (Å²) in [7, 11) is -4.33. The molecule has 0 saturated carbocycles. The van der Waals surface area contributed by atoms with E-state index in [1.54, 1.807) is 25.1 Å². The predicted octanol–water partition coefficient (Wildman–Crippen LogP) is 3.70. The van der Waals surface area contributed by atoms with Gasteiger partial charge in [0.25, 0.3) is 0 Å². The lowest BCUT2D eigenvalue weighted by molar-refractivity contribution is -0.114. The lowest BCUT2D eigenvalue weighted by Crippen LogP contribution is -2.16. The molecule has 0 aliphatic heterocycles. The van der Waals surface area contributed by atoms with Crippen molar-refractivity contribution in [2.45, 2.75) is 25.3 Å². The Hall–Kier alpha value is -3.89. The van der Waals surface area contributed by atoms with Crippen LogP contribution in [0, 0.1) is 6.92 Å². The lowest BCUT2D eigenvalue weighted by atomic mass is 10.1. The molecule has 3 aromatic carbocycles. The molecule has 0 atom stereocenters. The zero-order valence-electron chi connectivity index (χ0n) is 18.0. The molecule has 0 bridgehead atoms. The molecule has 0 heterocycles. The first-order valence-electron chi connectivity index (χ1n) is 9.82. The van der Waals surface area contributed by atoms with E-state index in [1.807, 2.05) is 30.3 Å². The van der Waals surface area contributed by atoms with Crippen molar-refractivity contribution < 1.29 is 27.9 Å². The molecule has 33 heavy (non-hydrogen) atoms. The summed E-state index contributed by atoms with van der Waals surface area (Å²) in [5, 5.41) is 20.6. The maximum Gasteiger partial charge on any atom is 0.335 e. The van der Waals surface area contributed by atoms with Gasteiger partial charge in [0.1, 0.15) is 10.6 Å². The van der Waals surface area contributed by atoms with Crippen molar-refractivity contribution in [3.05, 3.63) is 77.4 Å². The van der Waals surface area contributed by atoms with Gasteiger partial charge >= 0.3 is 5.97 Å². The molecular weight excluding hydrogens is 446 g/mol. The van der Waals surface area contributed by atoms with E-state index in [2.05, 4.69) is 10.6 Å². The van der Waals surface area contributed by atoms with E-state index in [-0.39, 0.29) is 35.2 Å². The van der Waals surface area contributed by atoms with Crippen LogP contribution in [0.1, 0.15) is 28.4 Å². The van der Waals surface area contributed by atoms with Crippen molar-refractivity contribution in [1.29, 1.82) is 0 Å². The third-order valence-electron chi connectivity index (χ3n) is 4.66. The van der Waals surface area contributed by atoms with Crippen LogP contribution in [0.3, 0.4) is 0 Å². The van der Waals surface area contributed by atoms with Gasteiger partial charge in [-0.25, -0.2) is 18.4 Å². The SMILES string of the molecule is CC(=O)Nc1ccc(Oc2c(NCc3ccccc3)cc(C(=O)O)cc2S(N)(=O)=O)cc1C. The van der Waals surface area contributed by atoms with Crippen molar-refractivity contribution in [2.24, 2.45) is 5.14 Å². The Kier molecular flexibility index (Phi) is 7.00. The number of aromatic carboxylic acids is 1. The predicted molar refractivity (Wildman–Crippen MR) is 124 cm³/mol. The van der Waals surface area contributed by atoms with Crippen LogP contribution in [0.5, 0.6) is 11.5 Å². The normalized spacial score (nSPS) is 11.0. The summed E-state index contributed by atoms with van der Waals surface area (Å²) in [6, 6.07) is 16.3. The maximum atomic E-state index is 12.3. The number of anilines is 2. The van der Waals surface area contributed by atoms with Crippen LogP contribution in [0.25, 0.3) is 0 Å². The van der Waals surface area contributed by atoms with Crippen molar-refractivity contribution in [1.82, 2.24) is 0 Å². The smallest absolute Gasteiger partial charge is 0.335 e. The fourth-order valence-electron chi connectivity index (χ4n) is 3.11. The summed E-state index contributed by atoms with van der Waals surface area (Å²) in [6.45, 7) is 3.42. The number of amides is 1. The van der Waals surface area contributed by atoms with E-state index >= 15 is 0 Å². The molecule has 3 rings (SSSR count). The Morgan fingerprint density at radius 3 is 2.30 bits per heavy atom. The van der Waals surface area contributed by atoms with Crippen LogP contribution in [0.15, 0.2) is 65.6 Å². The monoisotopic (exact) mass is 469 g/mol. The number of hydrogen-bond acceptors (Lipinski definition) is 6. The Balaban J connectivity index is 2.08. The number of hydrogen-bond donors (Lipinski definition) is 4. The number of nitrogens with one attached hydrogen (secondary N) is 2. The average Bonchev–Trinajstić information content (AvgIpc) is 2.74. The van der Waals surface area contributed by atoms with Crippen LogP contribution in [-0.2, 0) is 21.4 Å². The molecule has 3 aromatic rings. The summed E-state index contributed by atoms with van der Waals surface area (Å²) in [6.07, 6.45) is 0. The highest BCUT2D eigenvalue weighted by Gasteiger charge is 2.23. The molecule has 10 heteroatoms. The third-order valence-corrected chi connectivity index (χ3v) is 5.58. The van der Waals surface area contributed by atoms with Crippen molar-refractivity contribution in [3.8, 4) is 11.5 Å². The average molecular weight is 470 g/mol. The van der Waals surface area contributed by atoms with E-state index in [4.69, 9.17) is 9.88 Å². The van der Waals surface area contributed by atoms with E-state index in [0.29, 0.717) is 11.3 Å². The van der Waals surface area contributed by atoms with Gasteiger partial charge in [-0.2, -0.15) is 0 Å². The van der Waals surface area contributed by atoms with Crippen LogP contribution in [0.2, 0.25) is 0 Å². The van der Waals surface area contributed by atoms with E-state index in [9.17, 15) is 23.1 Å². The first-order chi connectivity index (χ1) is 15.5. The second-order valence-corrected chi connectivity index (χ2v) is 8.83. The van der Waals surface area contributed by atoms with Crippen LogP contribution in [0.4, 0.5) is 11.4 Å². The third kappa shape index (κ3) is 6.09. The Bertz CT molecular complexity index is 1310. The second-order valence-electron chi connectivity index (χ2n) is 7.30. The lowest BCUT2D eigenvalue weighted by Gasteiger charge is -2.18. The molecule has 9 nitrogen and oxygen atoms in total. The number of nitrogens with two attached hydrogens (primary N) is 1. The molecular formula is C23H23N3O6S. The minimum absolute atomic E-state index is 0.134. The molecule has 0 unspecified atom stereocenters. The molecule has 0 fully saturated rings. The van der Waals surface area contributed by atoms with Crippen molar-refractivity contribution in [3.63, 3.8) is 0 Å². The quantitative estimate of drug-likeness (QED) is 0.393. The Morgan fingerprint density at radius 2 is 1.73 bits per heavy atom. The first-order valence-corrected chi connectivity index (χ1v) is 11.4. The van der Waals surface area contributed by atoms with Crippen LogP contribution in [-0.4, -0.2) is 25.4 Å². The van der Waals surface area contributed by atoms with Gasteiger partial charge in [0.2, 0.25) is 15.9 Å². The molecule has 0 radical (unpaired) electrons. The first kappa shape index (κ1) is 23.8. The molecule has 0 aromatic heterocycles. The van der Waals surface area contributed by atoms with Gasteiger partial charge in [0, 0.05) is 19.2 Å². The Morgan fingerprint density at radius 1 is 1.03 bits per heavy atom. The zero-order valence-corrected chi connectivity index (χ0v) is 18.8. The van der Waals surface area contributed by atoms with Gasteiger partial charge in [-0.15, -0.1) is 0 Å².